The van der Waals surface area contributed by atoms with Gasteiger partial charge in [-0.2, -0.15) is 0 Å². The van der Waals surface area contributed by atoms with Crippen molar-refractivity contribution < 1.29 is 9.59 Å². The van der Waals surface area contributed by atoms with E-state index in [1.165, 1.54) is 0 Å². The smallest absolute Gasteiger partial charge is 0.271 e. The van der Waals surface area contributed by atoms with Crippen LogP contribution in [0.5, 0.6) is 0 Å². The SMILES string of the molecule is CCCCNC(=O)c1ccc(N2CCN(C(C)=O)CC2)nn1. The quantitative estimate of drug-likeness (QED) is 0.809. The molecule has 7 heteroatoms. The highest BCUT2D eigenvalue weighted by molar-refractivity contribution is 5.92. The van der Waals surface area contributed by atoms with Crippen LogP contribution in [0.25, 0.3) is 0 Å². The number of nitrogens with zero attached hydrogens (tertiary/aromatic N) is 4. The Bertz CT molecular complexity index is 509. The highest BCUT2D eigenvalue weighted by atomic mass is 16.2. The molecule has 0 atom stereocenters. The van der Waals surface area contributed by atoms with E-state index in [2.05, 4.69) is 27.3 Å². The minimum Gasteiger partial charge on any atom is -0.352 e. The number of nitrogens with one attached hydrogen (secondary N) is 1. The summed E-state index contributed by atoms with van der Waals surface area (Å²) < 4.78 is 0. The number of hydrogen-bond donors (Lipinski definition) is 1. The van der Waals surface area contributed by atoms with Gasteiger partial charge in [-0.3, -0.25) is 9.59 Å². The van der Waals surface area contributed by atoms with E-state index in [9.17, 15) is 9.59 Å². The van der Waals surface area contributed by atoms with Crippen molar-refractivity contribution >= 4 is 17.6 Å². The summed E-state index contributed by atoms with van der Waals surface area (Å²) in [7, 11) is 0. The summed E-state index contributed by atoms with van der Waals surface area (Å²) in [6.45, 7) is 7.17. The summed E-state index contributed by atoms with van der Waals surface area (Å²) in [6.07, 6.45) is 1.99. The van der Waals surface area contributed by atoms with Crippen LogP contribution in [-0.4, -0.2) is 59.6 Å². The van der Waals surface area contributed by atoms with Gasteiger partial charge >= 0.3 is 0 Å². The summed E-state index contributed by atoms with van der Waals surface area (Å²) in [5, 5.41) is 11.0. The van der Waals surface area contributed by atoms with Crippen molar-refractivity contribution in [3.8, 4) is 0 Å². The number of unbranched alkanes of at least 4 members (excludes halogenated alkanes) is 1. The van der Waals surface area contributed by atoms with E-state index in [1.54, 1.807) is 13.0 Å². The van der Waals surface area contributed by atoms with Crippen molar-refractivity contribution in [3.05, 3.63) is 17.8 Å². The zero-order valence-electron chi connectivity index (χ0n) is 13.2. The summed E-state index contributed by atoms with van der Waals surface area (Å²) in [5.74, 6) is 0.659. The van der Waals surface area contributed by atoms with Crippen LogP contribution in [0.3, 0.4) is 0 Å². The summed E-state index contributed by atoms with van der Waals surface area (Å²) >= 11 is 0. The fourth-order valence-corrected chi connectivity index (χ4v) is 2.33. The largest absolute Gasteiger partial charge is 0.352 e. The van der Waals surface area contributed by atoms with Gasteiger partial charge in [-0.25, -0.2) is 0 Å². The molecular formula is C15H23N5O2. The maximum absolute atomic E-state index is 11.9. The van der Waals surface area contributed by atoms with Crippen molar-refractivity contribution in [3.63, 3.8) is 0 Å². The van der Waals surface area contributed by atoms with Crippen LogP contribution < -0.4 is 10.2 Å². The van der Waals surface area contributed by atoms with E-state index >= 15 is 0 Å². The van der Waals surface area contributed by atoms with Crippen LogP contribution in [0.15, 0.2) is 12.1 Å². The first-order valence-electron chi connectivity index (χ1n) is 7.74. The molecule has 7 nitrogen and oxygen atoms in total. The maximum atomic E-state index is 11.9. The molecule has 120 valence electrons. The molecule has 0 aromatic carbocycles. The second-order valence-corrected chi connectivity index (χ2v) is 5.38. The zero-order valence-corrected chi connectivity index (χ0v) is 13.2. The Labute approximate surface area is 130 Å². The van der Waals surface area contributed by atoms with E-state index in [0.717, 1.165) is 31.7 Å². The third-order valence-corrected chi connectivity index (χ3v) is 3.75. The second kappa shape index (κ2) is 7.72. The molecule has 1 fully saturated rings. The van der Waals surface area contributed by atoms with Gasteiger partial charge in [-0.15, -0.1) is 10.2 Å². The van der Waals surface area contributed by atoms with E-state index in [4.69, 9.17) is 0 Å². The predicted octanol–water partition coefficient (Wildman–Crippen LogP) is 0.675. The average molecular weight is 305 g/mol. The second-order valence-electron chi connectivity index (χ2n) is 5.38. The normalized spacial score (nSPS) is 14.8. The number of anilines is 1. The Hall–Kier alpha value is -2.18. The Kier molecular flexibility index (Phi) is 5.68. The Morgan fingerprint density at radius 3 is 2.45 bits per heavy atom. The molecule has 1 N–H and O–H groups in total. The maximum Gasteiger partial charge on any atom is 0.271 e. The van der Waals surface area contributed by atoms with Gasteiger partial charge in [0.25, 0.3) is 5.91 Å². The lowest BCUT2D eigenvalue weighted by Crippen LogP contribution is -2.48. The first-order chi connectivity index (χ1) is 10.6. The number of carbonyl (C=O) groups is 2. The van der Waals surface area contributed by atoms with Gasteiger partial charge in [0.2, 0.25) is 5.91 Å². The van der Waals surface area contributed by atoms with Crippen molar-refractivity contribution in [2.24, 2.45) is 0 Å². The lowest BCUT2D eigenvalue weighted by atomic mass is 10.3. The fourth-order valence-electron chi connectivity index (χ4n) is 2.33. The van der Waals surface area contributed by atoms with Crippen LogP contribution in [0, 0.1) is 0 Å². The summed E-state index contributed by atoms with van der Waals surface area (Å²) in [5.41, 5.74) is 0.335. The number of rotatable bonds is 5. The Morgan fingerprint density at radius 2 is 1.91 bits per heavy atom. The van der Waals surface area contributed by atoms with E-state index < -0.39 is 0 Å². The van der Waals surface area contributed by atoms with Crippen molar-refractivity contribution in [1.82, 2.24) is 20.4 Å². The van der Waals surface area contributed by atoms with Gasteiger partial charge < -0.3 is 15.1 Å². The predicted molar refractivity (Wildman–Crippen MR) is 83.7 cm³/mol. The topological polar surface area (TPSA) is 78.4 Å². The minimum atomic E-state index is -0.186. The molecule has 2 heterocycles. The summed E-state index contributed by atoms with van der Waals surface area (Å²) in [4.78, 5) is 27.1. The summed E-state index contributed by atoms with van der Waals surface area (Å²) in [6, 6.07) is 3.51. The van der Waals surface area contributed by atoms with Crippen LogP contribution in [0.1, 0.15) is 37.2 Å². The molecule has 22 heavy (non-hydrogen) atoms. The molecule has 0 radical (unpaired) electrons. The Balaban J connectivity index is 1.89. The van der Waals surface area contributed by atoms with Gasteiger partial charge in [0, 0.05) is 39.6 Å². The third-order valence-electron chi connectivity index (χ3n) is 3.75. The van der Waals surface area contributed by atoms with Crippen LogP contribution in [0.2, 0.25) is 0 Å². The molecule has 2 amide bonds. The van der Waals surface area contributed by atoms with Gasteiger partial charge in [0.05, 0.1) is 0 Å². The molecule has 0 unspecified atom stereocenters. The lowest BCUT2D eigenvalue weighted by Gasteiger charge is -2.34. The van der Waals surface area contributed by atoms with E-state index in [-0.39, 0.29) is 11.8 Å². The average Bonchev–Trinajstić information content (AvgIpc) is 2.55. The van der Waals surface area contributed by atoms with E-state index in [1.807, 2.05) is 11.0 Å². The minimum absolute atomic E-state index is 0.102. The molecule has 1 aromatic heterocycles. The van der Waals surface area contributed by atoms with Crippen LogP contribution >= 0.6 is 0 Å². The molecule has 0 bridgehead atoms. The molecule has 1 aromatic rings. The standard InChI is InChI=1S/C15H23N5O2/c1-3-4-7-16-15(22)13-5-6-14(18-17-13)20-10-8-19(9-11-20)12(2)21/h5-6H,3-4,7-11H2,1-2H3,(H,16,22). The number of hydrogen-bond acceptors (Lipinski definition) is 5. The third kappa shape index (κ3) is 4.16. The molecule has 1 aliphatic rings. The number of carbonyl (C=O) groups excluding carboxylic acids is 2. The van der Waals surface area contributed by atoms with Gasteiger partial charge in [-0.05, 0) is 18.6 Å². The monoisotopic (exact) mass is 305 g/mol. The number of piperazine rings is 1. The first kappa shape index (κ1) is 16.2. The molecule has 1 saturated heterocycles. The Morgan fingerprint density at radius 1 is 1.18 bits per heavy atom. The van der Waals surface area contributed by atoms with Crippen LogP contribution in [0.4, 0.5) is 5.82 Å². The van der Waals surface area contributed by atoms with E-state index in [0.29, 0.717) is 25.3 Å². The van der Waals surface area contributed by atoms with Crippen molar-refractivity contribution in [2.45, 2.75) is 26.7 Å². The van der Waals surface area contributed by atoms with Crippen molar-refractivity contribution in [2.75, 3.05) is 37.6 Å². The van der Waals surface area contributed by atoms with Gasteiger partial charge in [0.15, 0.2) is 11.5 Å². The molecule has 2 rings (SSSR count). The van der Waals surface area contributed by atoms with Crippen LogP contribution in [-0.2, 0) is 4.79 Å². The molecular weight excluding hydrogens is 282 g/mol. The number of amides is 2. The lowest BCUT2D eigenvalue weighted by molar-refractivity contribution is -0.129. The first-order valence-corrected chi connectivity index (χ1v) is 7.74. The molecule has 0 spiro atoms. The molecule has 0 saturated carbocycles. The van der Waals surface area contributed by atoms with Crippen molar-refractivity contribution in [1.29, 1.82) is 0 Å². The fraction of sp³-hybridized carbons (Fsp3) is 0.600. The van der Waals surface area contributed by atoms with Gasteiger partial charge in [0.1, 0.15) is 0 Å². The number of aromatic nitrogens is 2. The zero-order chi connectivity index (χ0) is 15.9. The van der Waals surface area contributed by atoms with Gasteiger partial charge in [-0.1, -0.05) is 13.3 Å². The molecule has 1 aliphatic heterocycles. The highest BCUT2D eigenvalue weighted by Crippen LogP contribution is 2.12. The molecule has 0 aliphatic carbocycles. The highest BCUT2D eigenvalue weighted by Gasteiger charge is 2.20.